The molecule has 0 radical (unpaired) electrons. The molecule has 1 unspecified atom stereocenters. The molecule has 21 heavy (non-hydrogen) atoms. The van der Waals surface area contributed by atoms with E-state index in [-0.39, 0.29) is 0 Å². The molecule has 2 heterocycles. The van der Waals surface area contributed by atoms with E-state index in [0.717, 1.165) is 45.1 Å². The van der Waals surface area contributed by atoms with Gasteiger partial charge in [0.2, 0.25) is 0 Å². The highest BCUT2D eigenvalue weighted by Crippen LogP contribution is 2.29. The van der Waals surface area contributed by atoms with Gasteiger partial charge in [0.05, 0.1) is 12.3 Å². The first-order valence-electron chi connectivity index (χ1n) is 8.17. The number of thiazole rings is 1. The lowest BCUT2D eigenvalue weighted by Gasteiger charge is -2.18. The van der Waals surface area contributed by atoms with Crippen LogP contribution in [0.4, 0.5) is 5.13 Å². The van der Waals surface area contributed by atoms with Gasteiger partial charge in [-0.25, -0.2) is 4.98 Å². The molecule has 4 nitrogen and oxygen atoms in total. The van der Waals surface area contributed by atoms with Crippen LogP contribution in [0.15, 0.2) is 0 Å². The molecule has 1 aromatic heterocycles. The predicted molar refractivity (Wildman–Crippen MR) is 90.3 cm³/mol. The second kappa shape index (κ2) is 8.71. The Kier molecular flexibility index (Phi) is 6.93. The van der Waals surface area contributed by atoms with Crippen molar-refractivity contribution < 1.29 is 4.74 Å². The summed E-state index contributed by atoms with van der Waals surface area (Å²) >= 11 is 1.87. The fourth-order valence-corrected chi connectivity index (χ4v) is 3.92. The van der Waals surface area contributed by atoms with Crippen LogP contribution in [0.2, 0.25) is 0 Å². The number of nitrogens with one attached hydrogen (secondary N) is 1. The smallest absolute Gasteiger partial charge is 0.185 e. The summed E-state index contributed by atoms with van der Waals surface area (Å²) in [5.74, 6) is 0.857. The Morgan fingerprint density at radius 1 is 1.38 bits per heavy atom. The lowest BCUT2D eigenvalue weighted by Crippen LogP contribution is -2.23. The third kappa shape index (κ3) is 4.94. The molecule has 0 saturated carbocycles. The average Bonchev–Trinajstić information content (AvgIpc) is 2.77. The van der Waals surface area contributed by atoms with Gasteiger partial charge in [0.1, 0.15) is 0 Å². The molecular weight excluding hydrogens is 282 g/mol. The fourth-order valence-electron chi connectivity index (χ4n) is 2.75. The van der Waals surface area contributed by atoms with Crippen LogP contribution in [0.1, 0.15) is 43.7 Å². The van der Waals surface area contributed by atoms with E-state index < -0.39 is 0 Å². The molecule has 0 spiro atoms. The Balaban J connectivity index is 1.98. The summed E-state index contributed by atoms with van der Waals surface area (Å²) in [6, 6.07) is 0. The van der Waals surface area contributed by atoms with Crippen LogP contribution >= 0.6 is 11.3 Å². The number of aromatic nitrogens is 1. The molecule has 1 aliphatic heterocycles. The average molecular weight is 311 g/mol. The maximum Gasteiger partial charge on any atom is 0.185 e. The number of nitrogens with zero attached hydrogens (tertiary/aromatic N) is 2. The largest absolute Gasteiger partial charge is 0.383 e. The molecule has 5 heteroatoms. The Morgan fingerprint density at radius 2 is 2.24 bits per heavy atom. The minimum absolute atomic E-state index is 0.761. The van der Waals surface area contributed by atoms with Gasteiger partial charge in [-0.15, -0.1) is 11.3 Å². The molecule has 0 aliphatic carbocycles. The van der Waals surface area contributed by atoms with Crippen molar-refractivity contribution in [1.29, 1.82) is 0 Å². The Morgan fingerprint density at radius 3 is 3.00 bits per heavy atom. The van der Waals surface area contributed by atoms with Crippen LogP contribution in [0, 0.1) is 5.92 Å². The van der Waals surface area contributed by atoms with Gasteiger partial charge in [0.25, 0.3) is 0 Å². The molecule has 0 amide bonds. The van der Waals surface area contributed by atoms with E-state index in [4.69, 9.17) is 9.72 Å². The third-order valence-electron chi connectivity index (χ3n) is 4.16. The van der Waals surface area contributed by atoms with Crippen LogP contribution in [-0.4, -0.2) is 38.3 Å². The SMILES string of the molecule is CCc1nc(N2CCCC(C)CC2)sc1CNCCOC. The van der Waals surface area contributed by atoms with E-state index >= 15 is 0 Å². The van der Waals surface area contributed by atoms with E-state index in [1.54, 1.807) is 7.11 Å². The number of anilines is 1. The van der Waals surface area contributed by atoms with Crippen LogP contribution < -0.4 is 10.2 Å². The molecule has 1 saturated heterocycles. The third-order valence-corrected chi connectivity index (χ3v) is 5.32. The number of aryl methyl sites for hydroxylation is 1. The van der Waals surface area contributed by atoms with E-state index in [1.807, 2.05) is 11.3 Å². The first kappa shape index (κ1) is 16.7. The first-order valence-corrected chi connectivity index (χ1v) is 8.99. The van der Waals surface area contributed by atoms with Gasteiger partial charge >= 0.3 is 0 Å². The summed E-state index contributed by atoms with van der Waals surface area (Å²) in [7, 11) is 1.74. The number of ether oxygens (including phenoxy) is 1. The molecule has 1 fully saturated rings. The van der Waals surface area contributed by atoms with Crippen molar-refractivity contribution in [2.24, 2.45) is 5.92 Å². The van der Waals surface area contributed by atoms with Gasteiger partial charge < -0.3 is 15.0 Å². The summed E-state index contributed by atoms with van der Waals surface area (Å²) in [4.78, 5) is 8.77. The topological polar surface area (TPSA) is 37.4 Å². The highest BCUT2D eigenvalue weighted by molar-refractivity contribution is 7.15. The van der Waals surface area contributed by atoms with Crippen LogP contribution in [-0.2, 0) is 17.7 Å². The monoisotopic (exact) mass is 311 g/mol. The van der Waals surface area contributed by atoms with Crippen LogP contribution in [0.25, 0.3) is 0 Å². The van der Waals surface area contributed by atoms with Crippen LogP contribution in [0.3, 0.4) is 0 Å². The van der Waals surface area contributed by atoms with E-state index in [1.165, 1.54) is 35.0 Å². The minimum atomic E-state index is 0.761. The number of hydrogen-bond acceptors (Lipinski definition) is 5. The summed E-state index contributed by atoms with van der Waals surface area (Å²) < 4.78 is 5.08. The molecule has 1 atom stereocenters. The first-order chi connectivity index (χ1) is 10.2. The van der Waals surface area contributed by atoms with Gasteiger partial charge in [-0.05, 0) is 31.6 Å². The Hall–Kier alpha value is -0.650. The standard InChI is InChI=1S/C16H29N3OS/c1-4-14-15(12-17-8-11-20-3)21-16(18-14)19-9-5-6-13(2)7-10-19/h13,17H,4-12H2,1-3H3. The van der Waals surface area contributed by atoms with Crippen molar-refractivity contribution >= 4 is 16.5 Å². The van der Waals surface area contributed by atoms with Gasteiger partial charge in [-0.3, -0.25) is 0 Å². The molecule has 120 valence electrons. The summed E-state index contributed by atoms with van der Waals surface area (Å²) in [5.41, 5.74) is 1.26. The zero-order valence-corrected chi connectivity index (χ0v) is 14.5. The molecule has 1 aliphatic rings. The fraction of sp³-hybridized carbons (Fsp3) is 0.812. The van der Waals surface area contributed by atoms with Crippen molar-refractivity contribution in [2.45, 2.75) is 46.1 Å². The predicted octanol–water partition coefficient (Wildman–Crippen LogP) is 3.07. The van der Waals surface area contributed by atoms with E-state index in [9.17, 15) is 0 Å². The number of rotatable bonds is 7. The summed E-state index contributed by atoms with van der Waals surface area (Å²) in [6.07, 6.45) is 4.96. The van der Waals surface area contributed by atoms with Crippen molar-refractivity contribution in [3.8, 4) is 0 Å². The van der Waals surface area contributed by atoms with Crippen molar-refractivity contribution in [3.05, 3.63) is 10.6 Å². The maximum atomic E-state index is 5.08. The lowest BCUT2D eigenvalue weighted by atomic mass is 10.0. The van der Waals surface area contributed by atoms with Crippen molar-refractivity contribution in [3.63, 3.8) is 0 Å². The second-order valence-electron chi connectivity index (χ2n) is 5.91. The lowest BCUT2D eigenvalue weighted by molar-refractivity contribution is 0.199. The quantitative estimate of drug-likeness (QED) is 0.785. The van der Waals surface area contributed by atoms with Gasteiger partial charge in [0.15, 0.2) is 5.13 Å². The second-order valence-corrected chi connectivity index (χ2v) is 6.97. The molecule has 1 aromatic rings. The van der Waals surface area contributed by atoms with E-state index in [2.05, 4.69) is 24.1 Å². The van der Waals surface area contributed by atoms with Gasteiger partial charge in [-0.1, -0.05) is 13.8 Å². The minimum Gasteiger partial charge on any atom is -0.383 e. The van der Waals surface area contributed by atoms with Gasteiger partial charge in [-0.2, -0.15) is 0 Å². The maximum absolute atomic E-state index is 5.08. The number of hydrogen-bond donors (Lipinski definition) is 1. The highest BCUT2D eigenvalue weighted by atomic mass is 32.1. The Labute approximate surface area is 132 Å². The molecule has 0 bridgehead atoms. The molecule has 0 aromatic carbocycles. The van der Waals surface area contributed by atoms with Crippen molar-refractivity contribution in [2.75, 3.05) is 38.3 Å². The molecule has 2 rings (SSSR count). The Bertz CT molecular complexity index is 422. The van der Waals surface area contributed by atoms with Crippen LogP contribution in [0.5, 0.6) is 0 Å². The van der Waals surface area contributed by atoms with Crippen molar-refractivity contribution in [1.82, 2.24) is 10.3 Å². The number of methoxy groups -OCH3 is 1. The van der Waals surface area contributed by atoms with E-state index in [0.29, 0.717) is 0 Å². The van der Waals surface area contributed by atoms with Gasteiger partial charge in [0, 0.05) is 38.2 Å². The normalized spacial score (nSPS) is 19.8. The highest BCUT2D eigenvalue weighted by Gasteiger charge is 2.18. The zero-order valence-electron chi connectivity index (χ0n) is 13.7. The molecular formula is C16H29N3OS. The summed E-state index contributed by atoms with van der Waals surface area (Å²) in [6.45, 7) is 9.46. The molecule has 1 N–H and O–H groups in total. The zero-order chi connectivity index (χ0) is 15.1. The summed E-state index contributed by atoms with van der Waals surface area (Å²) in [5, 5.41) is 4.67.